The molecule has 0 saturated carbocycles. The number of hydrogen-bond donors (Lipinski definition) is 0. The minimum atomic E-state index is -0.0184. The lowest BCUT2D eigenvalue weighted by Crippen LogP contribution is -2.30. The van der Waals surface area contributed by atoms with Crippen molar-refractivity contribution in [1.82, 2.24) is 0 Å². The fourth-order valence-corrected chi connectivity index (χ4v) is 3.79. The van der Waals surface area contributed by atoms with Gasteiger partial charge in [0, 0.05) is 11.6 Å². The zero-order valence-corrected chi connectivity index (χ0v) is 9.44. The van der Waals surface area contributed by atoms with Gasteiger partial charge in [0.1, 0.15) is 0 Å². The Hall–Kier alpha value is 0.492. The molecule has 0 aromatic carbocycles. The second-order valence-corrected chi connectivity index (χ2v) is 8.19. The molecule has 1 rings (SSSR count). The molecule has 64 valence electrons. The highest BCUT2D eigenvalue weighted by Crippen LogP contribution is 2.25. The molecule has 1 nitrogen and oxygen atoms in total. The van der Waals surface area contributed by atoms with Crippen molar-refractivity contribution in [2.24, 2.45) is 0 Å². The Morgan fingerprint density at radius 1 is 1.27 bits per heavy atom. The quantitative estimate of drug-likeness (QED) is 0.548. The molecular weight excluding hydrogens is 151 g/mol. The van der Waals surface area contributed by atoms with E-state index in [1.165, 1.54) is 19.3 Å². The van der Waals surface area contributed by atoms with Crippen molar-refractivity contribution in [1.29, 1.82) is 0 Å². The molecule has 1 saturated heterocycles. The summed E-state index contributed by atoms with van der Waals surface area (Å²) in [6.07, 6.45) is 4.02. The Kier molecular flexibility index (Phi) is 3.43. The summed E-state index contributed by atoms with van der Waals surface area (Å²) in [5, 5.41) is 0. The van der Waals surface area contributed by atoms with Crippen molar-refractivity contribution in [3.63, 3.8) is 0 Å². The van der Waals surface area contributed by atoms with Gasteiger partial charge in [-0.3, -0.25) is 0 Å². The molecule has 0 aliphatic carbocycles. The van der Waals surface area contributed by atoms with Gasteiger partial charge in [-0.1, -0.05) is 25.0 Å². The molecule has 0 aromatic heterocycles. The molecule has 1 atom stereocenters. The monoisotopic (exact) mass is 170 g/mol. The lowest BCUT2D eigenvalue weighted by Gasteiger charge is -2.27. The highest BCUT2D eigenvalue weighted by atomic mass is 27.1. The third kappa shape index (κ3) is 4.16. The standard InChI is InChI=1S/C5H9O.C4H9.Al.H/c1-2-4-6-5-3-1;1-4(2)3;;/h4H,1-3,5H2;1-3H3;;. The molecule has 0 radical (unpaired) electrons. The van der Waals surface area contributed by atoms with Crippen LogP contribution < -0.4 is 0 Å². The average Bonchev–Trinajstić information content (AvgIpc) is 1.85. The van der Waals surface area contributed by atoms with Crippen molar-refractivity contribution in [3.05, 3.63) is 0 Å². The van der Waals surface area contributed by atoms with Gasteiger partial charge in [0.2, 0.25) is 0 Å². The number of rotatable bonds is 1. The molecule has 1 aliphatic rings. The van der Waals surface area contributed by atoms with E-state index in [4.69, 9.17) is 4.74 Å². The summed E-state index contributed by atoms with van der Waals surface area (Å²) in [5.41, 5.74) is 0. The maximum absolute atomic E-state index is 5.72. The van der Waals surface area contributed by atoms with Gasteiger partial charge in [-0.25, -0.2) is 0 Å². The summed E-state index contributed by atoms with van der Waals surface area (Å²) in [5.74, 6) is 0. The van der Waals surface area contributed by atoms with Gasteiger partial charge in [-0.15, -0.1) is 0 Å². The van der Waals surface area contributed by atoms with E-state index in [1.54, 1.807) is 0 Å². The predicted octanol–water partition coefficient (Wildman–Crippen LogP) is 2.17. The zero-order chi connectivity index (χ0) is 8.32. The van der Waals surface area contributed by atoms with Crippen LogP contribution in [-0.4, -0.2) is 26.8 Å². The minimum absolute atomic E-state index is 0.0184. The fourth-order valence-electron chi connectivity index (χ4n) is 1.65. The summed E-state index contributed by atoms with van der Waals surface area (Å²) in [4.78, 5) is 0.684. The van der Waals surface area contributed by atoms with Crippen LogP contribution in [0.3, 0.4) is 0 Å². The number of ether oxygens (including phenoxy) is 1. The molecule has 1 fully saturated rings. The predicted molar refractivity (Wildman–Crippen MR) is 50.5 cm³/mol. The first-order valence-electron chi connectivity index (χ1n) is 4.69. The third-order valence-electron chi connectivity index (χ3n) is 2.11. The van der Waals surface area contributed by atoms with E-state index in [0.717, 1.165) is 6.61 Å². The smallest absolute Gasteiger partial charge is 0.288 e. The first-order valence-corrected chi connectivity index (χ1v) is 6.22. The van der Waals surface area contributed by atoms with Crippen LogP contribution >= 0.6 is 0 Å². The molecular formula is C9H19AlO. The van der Waals surface area contributed by atoms with Crippen molar-refractivity contribution < 1.29 is 4.74 Å². The van der Waals surface area contributed by atoms with Crippen LogP contribution in [0.25, 0.3) is 0 Å². The van der Waals surface area contributed by atoms with Gasteiger partial charge in [0.25, 0.3) is 15.2 Å². The van der Waals surface area contributed by atoms with Crippen LogP contribution in [0.2, 0.25) is 4.28 Å². The van der Waals surface area contributed by atoms with Gasteiger partial charge in [-0.05, 0) is 19.3 Å². The van der Waals surface area contributed by atoms with Crippen LogP contribution in [0.1, 0.15) is 40.0 Å². The highest BCUT2D eigenvalue weighted by molar-refractivity contribution is 6.41. The molecule has 0 amide bonds. The first-order chi connectivity index (χ1) is 5.08. The van der Waals surface area contributed by atoms with Gasteiger partial charge in [0.05, 0.1) is 0 Å². The molecule has 0 bridgehead atoms. The molecule has 1 aliphatic heterocycles. The second-order valence-electron chi connectivity index (χ2n) is 4.75. The second kappa shape index (κ2) is 3.94. The Labute approximate surface area is 76.2 Å². The lowest BCUT2D eigenvalue weighted by atomic mass is 10.2. The van der Waals surface area contributed by atoms with E-state index < -0.39 is 0 Å². The Bertz CT molecular complexity index is 111. The zero-order valence-electron chi connectivity index (χ0n) is 8.02. The minimum Gasteiger partial charge on any atom is -0.394 e. The molecule has 2 heteroatoms. The van der Waals surface area contributed by atoms with E-state index in [-0.39, 0.29) is 15.2 Å². The van der Waals surface area contributed by atoms with E-state index in [0.29, 0.717) is 9.24 Å². The summed E-state index contributed by atoms with van der Waals surface area (Å²) < 4.78 is 6.29. The average molecular weight is 170 g/mol. The van der Waals surface area contributed by atoms with Crippen LogP contribution in [0.4, 0.5) is 0 Å². The van der Waals surface area contributed by atoms with Crippen molar-refractivity contribution in [2.45, 2.75) is 49.3 Å². The van der Waals surface area contributed by atoms with Crippen LogP contribution in [0.15, 0.2) is 0 Å². The van der Waals surface area contributed by atoms with E-state index >= 15 is 0 Å². The summed E-state index contributed by atoms with van der Waals surface area (Å²) >= 11 is -0.0184. The maximum Gasteiger partial charge on any atom is 0.288 e. The van der Waals surface area contributed by atoms with Crippen molar-refractivity contribution in [2.75, 3.05) is 6.61 Å². The summed E-state index contributed by atoms with van der Waals surface area (Å²) in [6, 6.07) is 0. The van der Waals surface area contributed by atoms with E-state index in [9.17, 15) is 0 Å². The first kappa shape index (κ1) is 9.58. The van der Waals surface area contributed by atoms with Crippen molar-refractivity contribution >= 4 is 15.2 Å². The van der Waals surface area contributed by atoms with Gasteiger partial charge in [-0.2, -0.15) is 0 Å². The molecule has 1 heterocycles. The molecule has 0 N–H and O–H groups in total. The third-order valence-corrected chi connectivity index (χ3v) is 4.44. The molecule has 0 aromatic rings. The molecule has 11 heavy (non-hydrogen) atoms. The molecule has 0 spiro atoms. The highest BCUT2D eigenvalue weighted by Gasteiger charge is 2.24. The maximum atomic E-state index is 5.72. The number of hydrogen-bond acceptors (Lipinski definition) is 1. The SMILES string of the molecule is C[C](C)(C)[AlH][CH]1CCCCO1. The van der Waals surface area contributed by atoms with Crippen LogP contribution in [0, 0.1) is 0 Å². The van der Waals surface area contributed by atoms with Crippen LogP contribution in [-0.2, 0) is 4.74 Å². The summed E-state index contributed by atoms with van der Waals surface area (Å²) in [6.45, 7) is 8.05. The lowest BCUT2D eigenvalue weighted by molar-refractivity contribution is 0.0635. The normalized spacial score (nSPS) is 26.6. The largest absolute Gasteiger partial charge is 0.394 e. The van der Waals surface area contributed by atoms with Crippen LogP contribution in [0.5, 0.6) is 0 Å². The van der Waals surface area contributed by atoms with E-state index in [1.807, 2.05) is 0 Å². The van der Waals surface area contributed by atoms with Crippen molar-refractivity contribution in [3.8, 4) is 0 Å². The summed E-state index contributed by atoms with van der Waals surface area (Å²) in [7, 11) is 0. The molecule has 1 unspecified atom stereocenters. The Morgan fingerprint density at radius 2 is 2.00 bits per heavy atom. The fraction of sp³-hybridized carbons (Fsp3) is 1.00. The topological polar surface area (TPSA) is 9.23 Å². The van der Waals surface area contributed by atoms with Gasteiger partial charge >= 0.3 is 0 Å². The van der Waals surface area contributed by atoms with E-state index in [2.05, 4.69) is 20.8 Å². The van der Waals surface area contributed by atoms with Gasteiger partial charge < -0.3 is 4.74 Å². The Morgan fingerprint density at radius 3 is 2.45 bits per heavy atom. The van der Waals surface area contributed by atoms with Gasteiger partial charge in [0.15, 0.2) is 0 Å². The Balaban J connectivity index is 2.24.